The molecule has 3 nitrogen and oxygen atoms in total. The Balaban J connectivity index is 1.96. The van der Waals surface area contributed by atoms with Gasteiger partial charge in [-0.1, -0.05) is 6.92 Å². The van der Waals surface area contributed by atoms with Gasteiger partial charge in [0.05, 0.1) is 12.0 Å². The predicted molar refractivity (Wildman–Crippen MR) is 83.6 cm³/mol. The van der Waals surface area contributed by atoms with Gasteiger partial charge in [0.1, 0.15) is 0 Å². The number of imidazole rings is 1. The van der Waals surface area contributed by atoms with E-state index in [-0.39, 0.29) is 5.54 Å². The first-order valence-electron chi connectivity index (χ1n) is 7.37. The quantitative estimate of drug-likeness (QED) is 0.894. The van der Waals surface area contributed by atoms with Crippen LogP contribution in [0.3, 0.4) is 0 Å². The lowest BCUT2D eigenvalue weighted by Crippen LogP contribution is -2.35. The molecule has 1 N–H and O–H groups in total. The van der Waals surface area contributed by atoms with Gasteiger partial charge in [-0.2, -0.15) is 11.8 Å². The number of nitrogens with zero attached hydrogens (tertiary/aromatic N) is 2. The summed E-state index contributed by atoms with van der Waals surface area (Å²) in [6.07, 6.45) is 7.99. The predicted octanol–water partition coefficient (Wildman–Crippen LogP) is 3.62. The average molecular weight is 281 g/mol. The van der Waals surface area contributed by atoms with Crippen molar-refractivity contribution in [2.24, 2.45) is 0 Å². The molecule has 4 heteroatoms. The molecule has 0 bridgehead atoms. The van der Waals surface area contributed by atoms with Crippen LogP contribution in [0.15, 0.2) is 12.5 Å². The van der Waals surface area contributed by atoms with Gasteiger partial charge in [0.25, 0.3) is 0 Å². The summed E-state index contributed by atoms with van der Waals surface area (Å²) in [5.74, 6) is 1.24. The van der Waals surface area contributed by atoms with Crippen LogP contribution in [-0.2, 0) is 6.54 Å². The minimum Gasteiger partial charge on any atom is -0.330 e. The van der Waals surface area contributed by atoms with E-state index in [9.17, 15) is 0 Å². The van der Waals surface area contributed by atoms with Gasteiger partial charge in [0.15, 0.2) is 0 Å². The smallest absolute Gasteiger partial charge is 0.0951 e. The van der Waals surface area contributed by atoms with Crippen molar-refractivity contribution in [3.05, 3.63) is 18.2 Å². The summed E-state index contributed by atoms with van der Waals surface area (Å²) >= 11 is 2.11. The molecule has 2 atom stereocenters. The summed E-state index contributed by atoms with van der Waals surface area (Å²) in [5.41, 5.74) is 1.48. The molecule has 2 unspecified atom stereocenters. The van der Waals surface area contributed by atoms with Crippen LogP contribution >= 0.6 is 11.8 Å². The van der Waals surface area contributed by atoms with Gasteiger partial charge < -0.3 is 9.88 Å². The van der Waals surface area contributed by atoms with E-state index in [0.717, 1.165) is 11.8 Å². The lowest BCUT2D eigenvalue weighted by Gasteiger charge is -2.22. The molecule has 0 spiro atoms. The zero-order chi connectivity index (χ0) is 13.9. The van der Waals surface area contributed by atoms with E-state index in [1.165, 1.54) is 30.7 Å². The van der Waals surface area contributed by atoms with Crippen LogP contribution in [0.2, 0.25) is 0 Å². The van der Waals surface area contributed by atoms with E-state index in [1.54, 1.807) is 0 Å². The Morgan fingerprint density at radius 3 is 2.89 bits per heavy atom. The van der Waals surface area contributed by atoms with Crippen LogP contribution in [0.5, 0.6) is 0 Å². The first-order valence-corrected chi connectivity index (χ1v) is 8.42. The lowest BCUT2D eigenvalue weighted by molar-refractivity contribution is 0.406. The SMILES string of the molecule is CCSC1CCC(n2cncc2CNC(C)(C)C)C1. The number of aromatic nitrogens is 2. The summed E-state index contributed by atoms with van der Waals surface area (Å²) < 4.78 is 2.40. The summed E-state index contributed by atoms with van der Waals surface area (Å²) in [7, 11) is 0. The van der Waals surface area contributed by atoms with Gasteiger partial charge in [-0.05, 0) is 45.8 Å². The monoisotopic (exact) mass is 281 g/mol. The fraction of sp³-hybridized carbons (Fsp3) is 0.800. The number of rotatable bonds is 5. The molecule has 1 saturated carbocycles. The van der Waals surface area contributed by atoms with E-state index in [4.69, 9.17) is 0 Å². The molecule has 2 rings (SSSR count). The molecule has 0 radical (unpaired) electrons. The highest BCUT2D eigenvalue weighted by Crippen LogP contribution is 2.37. The summed E-state index contributed by atoms with van der Waals surface area (Å²) in [6, 6.07) is 0.656. The van der Waals surface area contributed by atoms with Crippen molar-refractivity contribution in [3.8, 4) is 0 Å². The average Bonchev–Trinajstić information content (AvgIpc) is 2.93. The van der Waals surface area contributed by atoms with E-state index in [0.29, 0.717) is 6.04 Å². The molecule has 1 heterocycles. The molecular weight excluding hydrogens is 254 g/mol. The Labute approximate surface area is 121 Å². The van der Waals surface area contributed by atoms with Gasteiger partial charge in [-0.3, -0.25) is 0 Å². The summed E-state index contributed by atoms with van der Waals surface area (Å²) in [6.45, 7) is 9.78. The third-order valence-corrected chi connectivity index (χ3v) is 4.93. The zero-order valence-corrected chi connectivity index (χ0v) is 13.5. The first-order chi connectivity index (χ1) is 8.99. The molecule has 1 aromatic rings. The highest BCUT2D eigenvalue weighted by molar-refractivity contribution is 7.99. The number of thioether (sulfide) groups is 1. The van der Waals surface area contributed by atoms with Gasteiger partial charge in [-0.25, -0.2) is 4.98 Å². The maximum Gasteiger partial charge on any atom is 0.0951 e. The molecule has 0 aromatic carbocycles. The summed E-state index contributed by atoms with van der Waals surface area (Å²) in [5, 5.41) is 4.41. The minimum atomic E-state index is 0.158. The molecule has 1 aromatic heterocycles. The van der Waals surface area contributed by atoms with Gasteiger partial charge >= 0.3 is 0 Å². The number of nitrogens with one attached hydrogen (secondary N) is 1. The Kier molecular flexibility index (Phi) is 4.96. The highest BCUT2D eigenvalue weighted by atomic mass is 32.2. The standard InChI is InChI=1S/C15H27N3S/c1-5-19-14-7-6-12(8-14)18-11-16-9-13(18)10-17-15(2,3)4/h9,11-12,14,17H,5-8,10H2,1-4H3. The Morgan fingerprint density at radius 2 is 2.21 bits per heavy atom. The first kappa shape index (κ1) is 14.9. The van der Waals surface area contributed by atoms with Crippen LogP contribution in [0, 0.1) is 0 Å². The lowest BCUT2D eigenvalue weighted by atomic mass is 10.1. The zero-order valence-electron chi connectivity index (χ0n) is 12.6. The third-order valence-electron chi connectivity index (χ3n) is 3.70. The molecule has 0 saturated heterocycles. The Hall–Kier alpha value is -0.480. The number of hydrogen-bond donors (Lipinski definition) is 1. The van der Waals surface area contributed by atoms with Gasteiger partial charge in [0.2, 0.25) is 0 Å². The highest BCUT2D eigenvalue weighted by Gasteiger charge is 2.27. The van der Waals surface area contributed by atoms with Crippen LogP contribution < -0.4 is 5.32 Å². The van der Waals surface area contributed by atoms with Crippen molar-refractivity contribution in [2.45, 2.75) is 70.3 Å². The normalized spacial score (nSPS) is 24.0. The van der Waals surface area contributed by atoms with Gasteiger partial charge in [-0.15, -0.1) is 0 Å². The van der Waals surface area contributed by atoms with Crippen molar-refractivity contribution in [1.82, 2.24) is 14.9 Å². The summed E-state index contributed by atoms with van der Waals surface area (Å²) in [4.78, 5) is 4.35. The molecule has 1 fully saturated rings. The van der Waals surface area contributed by atoms with Crippen molar-refractivity contribution < 1.29 is 0 Å². The fourth-order valence-electron chi connectivity index (χ4n) is 2.71. The van der Waals surface area contributed by atoms with E-state index < -0.39 is 0 Å². The van der Waals surface area contributed by atoms with Crippen molar-refractivity contribution >= 4 is 11.8 Å². The van der Waals surface area contributed by atoms with Crippen LogP contribution in [0.4, 0.5) is 0 Å². The van der Waals surface area contributed by atoms with Crippen LogP contribution in [0.25, 0.3) is 0 Å². The van der Waals surface area contributed by atoms with E-state index in [2.05, 4.69) is 54.3 Å². The fourth-order valence-corrected chi connectivity index (χ4v) is 3.84. The second-order valence-electron chi connectivity index (χ2n) is 6.44. The Bertz CT molecular complexity index is 394. The van der Waals surface area contributed by atoms with E-state index in [1.807, 2.05) is 12.5 Å². The topological polar surface area (TPSA) is 29.9 Å². The molecular formula is C15H27N3S. The van der Waals surface area contributed by atoms with Crippen LogP contribution in [-0.4, -0.2) is 26.1 Å². The van der Waals surface area contributed by atoms with Crippen molar-refractivity contribution in [2.75, 3.05) is 5.75 Å². The van der Waals surface area contributed by atoms with E-state index >= 15 is 0 Å². The van der Waals surface area contributed by atoms with Crippen molar-refractivity contribution in [3.63, 3.8) is 0 Å². The second-order valence-corrected chi connectivity index (χ2v) is 8.02. The van der Waals surface area contributed by atoms with Crippen molar-refractivity contribution in [1.29, 1.82) is 0 Å². The molecule has 1 aliphatic carbocycles. The minimum absolute atomic E-state index is 0.158. The maximum absolute atomic E-state index is 4.35. The molecule has 108 valence electrons. The van der Waals surface area contributed by atoms with Gasteiger partial charge in [0, 0.05) is 29.6 Å². The molecule has 1 aliphatic rings. The second kappa shape index (κ2) is 6.31. The van der Waals surface area contributed by atoms with Crippen LogP contribution in [0.1, 0.15) is 58.7 Å². The molecule has 0 amide bonds. The molecule has 19 heavy (non-hydrogen) atoms. The third kappa shape index (κ3) is 4.25. The molecule has 0 aliphatic heterocycles. The maximum atomic E-state index is 4.35. The largest absolute Gasteiger partial charge is 0.330 e. The Morgan fingerprint density at radius 1 is 1.42 bits per heavy atom. The number of hydrogen-bond acceptors (Lipinski definition) is 3.